The first-order valence-electron chi connectivity index (χ1n) is 7.21. The molecule has 3 N–H and O–H groups in total. The minimum Gasteiger partial charge on any atom is -0.394 e. The Kier molecular flexibility index (Phi) is 5.28. The van der Waals surface area contributed by atoms with Gasteiger partial charge in [-0.1, -0.05) is 0 Å². The number of ether oxygens (including phenoxy) is 1. The van der Waals surface area contributed by atoms with E-state index in [1.54, 1.807) is 0 Å². The predicted molar refractivity (Wildman–Crippen MR) is 78.5 cm³/mol. The quantitative estimate of drug-likeness (QED) is 0.641. The van der Waals surface area contributed by atoms with E-state index in [1.165, 1.54) is 13.0 Å². The Morgan fingerprint density at radius 1 is 1.67 bits per heavy atom. The summed E-state index contributed by atoms with van der Waals surface area (Å²) in [5, 5.41) is 30.2. The van der Waals surface area contributed by atoms with Crippen LogP contribution in [0.25, 0.3) is 0 Å². The van der Waals surface area contributed by atoms with Gasteiger partial charge in [-0.25, -0.2) is 9.18 Å². The SMILES string of the molecule is CC(=O)Nc1ccn([C@]2(CCC#N)O[C@H](CO)[C@@H](O)[C@H]2F)c(=O)n1. The van der Waals surface area contributed by atoms with Gasteiger partial charge in [-0.15, -0.1) is 0 Å². The van der Waals surface area contributed by atoms with Gasteiger partial charge in [-0.2, -0.15) is 10.2 Å². The lowest BCUT2D eigenvalue weighted by molar-refractivity contribution is -0.140. The fourth-order valence-electron chi connectivity index (χ4n) is 2.68. The van der Waals surface area contributed by atoms with E-state index in [0.29, 0.717) is 0 Å². The fourth-order valence-corrected chi connectivity index (χ4v) is 2.68. The fraction of sp³-hybridized carbons (Fsp3) is 0.571. The molecule has 9 nitrogen and oxygen atoms in total. The summed E-state index contributed by atoms with van der Waals surface area (Å²) in [5.41, 5.74) is -2.88. The van der Waals surface area contributed by atoms with E-state index >= 15 is 0 Å². The maximum Gasteiger partial charge on any atom is 0.351 e. The average Bonchev–Trinajstić information content (AvgIpc) is 2.78. The molecule has 0 aliphatic carbocycles. The Morgan fingerprint density at radius 3 is 2.88 bits per heavy atom. The van der Waals surface area contributed by atoms with Crippen LogP contribution in [0, 0.1) is 11.3 Å². The lowest BCUT2D eigenvalue weighted by Crippen LogP contribution is -2.48. The number of alkyl halides is 1. The van der Waals surface area contributed by atoms with Gasteiger partial charge in [-0.05, 0) is 6.07 Å². The molecule has 2 heterocycles. The normalized spacial score (nSPS) is 29.2. The average molecular weight is 340 g/mol. The summed E-state index contributed by atoms with van der Waals surface area (Å²) in [6.07, 6.45) is -4.15. The number of hydrogen-bond donors (Lipinski definition) is 3. The number of anilines is 1. The van der Waals surface area contributed by atoms with Crippen LogP contribution >= 0.6 is 0 Å². The monoisotopic (exact) mass is 340 g/mol. The molecule has 1 aliphatic rings. The number of hydrogen-bond acceptors (Lipinski definition) is 7. The topological polar surface area (TPSA) is 137 Å². The molecule has 1 amide bonds. The summed E-state index contributed by atoms with van der Waals surface area (Å²) < 4.78 is 21.0. The number of aliphatic hydroxyl groups excluding tert-OH is 2. The van der Waals surface area contributed by atoms with E-state index in [4.69, 9.17) is 10.00 Å². The van der Waals surface area contributed by atoms with E-state index in [9.17, 15) is 24.2 Å². The van der Waals surface area contributed by atoms with Crippen LogP contribution in [0.1, 0.15) is 19.8 Å². The molecule has 0 spiro atoms. The van der Waals surface area contributed by atoms with Crippen LogP contribution < -0.4 is 11.0 Å². The highest BCUT2D eigenvalue weighted by Crippen LogP contribution is 2.40. The summed E-state index contributed by atoms with van der Waals surface area (Å²) in [6.45, 7) is 0.587. The Bertz CT molecular complexity index is 718. The van der Waals surface area contributed by atoms with Gasteiger partial charge < -0.3 is 20.3 Å². The Balaban J connectivity index is 2.48. The molecule has 4 atom stereocenters. The summed E-state index contributed by atoms with van der Waals surface area (Å²) in [7, 11) is 0. The number of rotatable bonds is 5. The number of aliphatic hydroxyl groups is 2. The molecule has 0 saturated carbocycles. The van der Waals surface area contributed by atoms with Crippen LogP contribution in [0.2, 0.25) is 0 Å². The van der Waals surface area contributed by atoms with Crippen LogP contribution in [0.5, 0.6) is 0 Å². The second kappa shape index (κ2) is 7.04. The van der Waals surface area contributed by atoms with Gasteiger partial charge in [0.2, 0.25) is 5.91 Å². The minimum atomic E-state index is -2.05. The zero-order chi connectivity index (χ0) is 17.9. The zero-order valence-corrected chi connectivity index (χ0v) is 12.8. The highest BCUT2D eigenvalue weighted by Gasteiger charge is 2.56. The summed E-state index contributed by atoms with van der Waals surface area (Å²) >= 11 is 0. The lowest BCUT2D eigenvalue weighted by Gasteiger charge is -2.32. The maximum atomic E-state index is 14.7. The number of carbonyl (C=O) groups excluding carboxylic acids is 1. The number of nitrogens with one attached hydrogen (secondary N) is 1. The van der Waals surface area contributed by atoms with Gasteiger partial charge in [-0.3, -0.25) is 9.36 Å². The molecule has 0 radical (unpaired) electrons. The van der Waals surface area contributed by atoms with Gasteiger partial charge in [0.05, 0.1) is 12.7 Å². The van der Waals surface area contributed by atoms with Crippen molar-refractivity contribution in [3.63, 3.8) is 0 Å². The largest absolute Gasteiger partial charge is 0.394 e. The third-order valence-electron chi connectivity index (χ3n) is 3.76. The third-order valence-corrected chi connectivity index (χ3v) is 3.76. The van der Waals surface area contributed by atoms with E-state index in [-0.39, 0.29) is 18.7 Å². The van der Waals surface area contributed by atoms with Gasteiger partial charge in [0.15, 0.2) is 11.9 Å². The molecule has 0 bridgehead atoms. The van der Waals surface area contributed by atoms with Crippen molar-refractivity contribution in [2.75, 3.05) is 11.9 Å². The lowest BCUT2D eigenvalue weighted by atomic mass is 9.99. The zero-order valence-electron chi connectivity index (χ0n) is 12.8. The van der Waals surface area contributed by atoms with Gasteiger partial charge in [0.25, 0.3) is 0 Å². The number of nitriles is 1. The van der Waals surface area contributed by atoms with Crippen molar-refractivity contribution in [3.8, 4) is 6.07 Å². The second-order valence-electron chi connectivity index (χ2n) is 5.38. The summed E-state index contributed by atoms with van der Waals surface area (Å²) in [5.74, 6) is -0.457. The molecule has 1 fully saturated rings. The maximum absolute atomic E-state index is 14.7. The molecule has 0 aromatic carbocycles. The van der Waals surface area contributed by atoms with Crippen molar-refractivity contribution in [1.82, 2.24) is 9.55 Å². The summed E-state index contributed by atoms with van der Waals surface area (Å²) in [4.78, 5) is 26.9. The van der Waals surface area contributed by atoms with Crippen molar-refractivity contribution in [1.29, 1.82) is 5.26 Å². The number of halogens is 1. The van der Waals surface area contributed by atoms with Crippen LogP contribution in [-0.4, -0.2) is 50.7 Å². The molecule has 24 heavy (non-hydrogen) atoms. The Morgan fingerprint density at radius 2 is 2.38 bits per heavy atom. The number of aromatic nitrogens is 2. The molecule has 1 saturated heterocycles. The molecule has 1 aliphatic heterocycles. The van der Waals surface area contributed by atoms with Crippen LogP contribution in [0.15, 0.2) is 17.1 Å². The number of amides is 1. The molecule has 130 valence electrons. The smallest absolute Gasteiger partial charge is 0.351 e. The predicted octanol–water partition coefficient (Wildman–Crippen LogP) is -0.752. The highest BCUT2D eigenvalue weighted by molar-refractivity contribution is 5.87. The molecule has 1 aromatic heterocycles. The van der Waals surface area contributed by atoms with Crippen LogP contribution in [0.3, 0.4) is 0 Å². The Labute approximate surface area is 136 Å². The van der Waals surface area contributed by atoms with Crippen molar-refractivity contribution >= 4 is 11.7 Å². The summed E-state index contributed by atoms with van der Waals surface area (Å²) in [6, 6.07) is 3.10. The van der Waals surface area contributed by atoms with E-state index in [2.05, 4.69) is 10.3 Å². The number of nitrogens with zero attached hydrogens (tertiary/aromatic N) is 3. The molecule has 1 aromatic rings. The van der Waals surface area contributed by atoms with Crippen molar-refractivity contribution in [3.05, 3.63) is 22.7 Å². The van der Waals surface area contributed by atoms with E-state index in [1.807, 2.05) is 6.07 Å². The van der Waals surface area contributed by atoms with E-state index in [0.717, 1.165) is 10.8 Å². The molecular formula is C14H17FN4O5. The first-order chi connectivity index (χ1) is 11.4. The Hall–Kier alpha value is -2.35. The minimum absolute atomic E-state index is 0.0214. The van der Waals surface area contributed by atoms with Gasteiger partial charge in [0.1, 0.15) is 18.0 Å². The van der Waals surface area contributed by atoms with E-state index < -0.39 is 42.3 Å². The van der Waals surface area contributed by atoms with Crippen molar-refractivity contribution in [2.24, 2.45) is 0 Å². The molecule has 10 heteroatoms. The van der Waals surface area contributed by atoms with Crippen LogP contribution in [-0.2, 0) is 15.3 Å². The molecular weight excluding hydrogens is 323 g/mol. The van der Waals surface area contributed by atoms with Gasteiger partial charge >= 0.3 is 5.69 Å². The first kappa shape index (κ1) is 18.0. The van der Waals surface area contributed by atoms with Crippen LogP contribution in [0.4, 0.5) is 10.2 Å². The molecule has 2 rings (SSSR count). The van der Waals surface area contributed by atoms with Gasteiger partial charge in [0, 0.05) is 26.0 Å². The number of carbonyl (C=O) groups is 1. The third kappa shape index (κ3) is 3.14. The standard InChI is InChI=1S/C14H17FN4O5/c1-8(21)17-10-3-6-19(13(23)18-10)14(4-2-5-16)12(15)11(22)9(7-20)24-14/h3,6,9,11-12,20,22H,2,4,7H2,1H3,(H,17,18,21,23)/t9-,11-,12-,14-/m1/s1. The first-order valence-corrected chi connectivity index (χ1v) is 7.21. The van der Waals surface area contributed by atoms with Crippen molar-refractivity contribution < 1.29 is 24.1 Å². The molecule has 0 unspecified atom stereocenters. The second-order valence-corrected chi connectivity index (χ2v) is 5.38. The highest BCUT2D eigenvalue weighted by atomic mass is 19.1. The van der Waals surface area contributed by atoms with Crippen molar-refractivity contribution in [2.45, 2.75) is 43.9 Å².